The van der Waals surface area contributed by atoms with Crippen molar-refractivity contribution in [2.24, 2.45) is 0 Å². The van der Waals surface area contributed by atoms with Crippen molar-refractivity contribution >= 4 is 21.7 Å². The summed E-state index contributed by atoms with van der Waals surface area (Å²) < 4.78 is 70.6. The Labute approximate surface area is 171 Å². The molecule has 162 valence electrons. The van der Waals surface area contributed by atoms with Crippen molar-refractivity contribution in [1.29, 1.82) is 0 Å². The van der Waals surface area contributed by atoms with Crippen molar-refractivity contribution < 1.29 is 35.3 Å². The van der Waals surface area contributed by atoms with Crippen molar-refractivity contribution in [3.8, 4) is 11.5 Å². The summed E-state index contributed by atoms with van der Waals surface area (Å²) in [5.41, 5.74) is 0.837. The Morgan fingerprint density at radius 1 is 0.967 bits per heavy atom. The molecule has 2 aromatic rings. The highest BCUT2D eigenvalue weighted by Gasteiger charge is 2.31. The molecular weight excluding hydrogens is 425 g/mol. The maximum Gasteiger partial charge on any atom is 0.573 e. The van der Waals surface area contributed by atoms with Gasteiger partial charge in [-0.1, -0.05) is 6.07 Å². The largest absolute Gasteiger partial charge is 0.573 e. The number of piperazine rings is 1. The van der Waals surface area contributed by atoms with Crippen molar-refractivity contribution in [2.75, 3.05) is 31.1 Å². The molecule has 7 nitrogen and oxygen atoms in total. The van der Waals surface area contributed by atoms with E-state index in [2.05, 4.69) is 9.64 Å². The molecule has 0 saturated carbocycles. The van der Waals surface area contributed by atoms with E-state index >= 15 is 0 Å². The maximum absolute atomic E-state index is 12.4. The molecule has 1 aliphatic rings. The van der Waals surface area contributed by atoms with Gasteiger partial charge in [0.2, 0.25) is 5.91 Å². The molecule has 1 aliphatic heterocycles. The van der Waals surface area contributed by atoms with Gasteiger partial charge < -0.3 is 18.7 Å². The molecule has 0 unspecified atom stereocenters. The van der Waals surface area contributed by atoms with Gasteiger partial charge in [0, 0.05) is 44.9 Å². The Kier molecular flexibility index (Phi) is 6.11. The minimum absolute atomic E-state index is 0.0169. The predicted octanol–water partition coefficient (Wildman–Crippen LogP) is 3.02. The van der Waals surface area contributed by atoms with E-state index in [4.69, 9.17) is 4.18 Å². The second kappa shape index (κ2) is 8.42. The Hall–Kier alpha value is -2.95. The number of carbonyl (C=O) groups is 1. The van der Waals surface area contributed by atoms with Gasteiger partial charge >= 0.3 is 16.5 Å². The molecule has 1 heterocycles. The van der Waals surface area contributed by atoms with Gasteiger partial charge in [0.1, 0.15) is 16.4 Å². The second-order valence-corrected chi connectivity index (χ2v) is 8.09. The number of amides is 1. The molecule has 0 aliphatic carbocycles. The van der Waals surface area contributed by atoms with E-state index < -0.39 is 27.1 Å². The number of anilines is 1. The van der Waals surface area contributed by atoms with Gasteiger partial charge in [-0.05, 0) is 36.4 Å². The molecule has 11 heteroatoms. The summed E-state index contributed by atoms with van der Waals surface area (Å²) in [7, 11) is -4.35. The minimum Gasteiger partial charge on any atom is -0.406 e. The number of carbonyl (C=O) groups excluding carboxylic acids is 1. The van der Waals surface area contributed by atoms with E-state index in [1.807, 2.05) is 0 Å². The molecule has 1 fully saturated rings. The lowest BCUT2D eigenvalue weighted by atomic mass is 10.2. The fourth-order valence-corrected chi connectivity index (χ4v) is 3.96. The van der Waals surface area contributed by atoms with Gasteiger partial charge in [0.25, 0.3) is 0 Å². The average molecular weight is 444 g/mol. The molecule has 1 saturated heterocycles. The monoisotopic (exact) mass is 444 g/mol. The number of hydrogen-bond acceptors (Lipinski definition) is 6. The normalized spacial score (nSPS) is 15.1. The molecule has 30 heavy (non-hydrogen) atoms. The van der Waals surface area contributed by atoms with Crippen molar-refractivity contribution in [3.63, 3.8) is 0 Å². The fourth-order valence-electron chi connectivity index (χ4n) is 2.99. The summed E-state index contributed by atoms with van der Waals surface area (Å²) in [6.07, 6.45) is -4.94. The first kappa shape index (κ1) is 21.8. The van der Waals surface area contributed by atoms with Crippen LogP contribution in [0, 0.1) is 0 Å². The Balaban J connectivity index is 1.68. The van der Waals surface area contributed by atoms with E-state index in [9.17, 15) is 26.4 Å². The number of ether oxygens (including phenoxy) is 1. The van der Waals surface area contributed by atoms with Crippen LogP contribution in [0.3, 0.4) is 0 Å². The molecule has 1 amide bonds. The molecule has 0 N–H and O–H groups in total. The number of rotatable bonds is 5. The summed E-state index contributed by atoms with van der Waals surface area (Å²) in [6, 6.07) is 10.2. The highest BCUT2D eigenvalue weighted by Crippen LogP contribution is 2.27. The van der Waals surface area contributed by atoms with Gasteiger partial charge in [0.15, 0.2) is 0 Å². The lowest BCUT2D eigenvalue weighted by Crippen LogP contribution is -2.48. The van der Waals surface area contributed by atoms with Crippen LogP contribution in [0.1, 0.15) is 6.92 Å². The maximum atomic E-state index is 12.4. The molecule has 2 aromatic carbocycles. The average Bonchev–Trinajstić information content (AvgIpc) is 2.67. The summed E-state index contributed by atoms with van der Waals surface area (Å²) in [5.74, 6) is -0.621. The molecule has 0 aromatic heterocycles. The molecule has 0 radical (unpaired) electrons. The third kappa shape index (κ3) is 5.56. The van der Waals surface area contributed by atoms with Gasteiger partial charge in [-0.15, -0.1) is 13.2 Å². The smallest absolute Gasteiger partial charge is 0.406 e. The third-order valence-corrected chi connectivity index (χ3v) is 5.70. The van der Waals surface area contributed by atoms with E-state index in [-0.39, 0.29) is 11.7 Å². The lowest BCUT2D eigenvalue weighted by molar-refractivity contribution is -0.274. The van der Waals surface area contributed by atoms with Crippen LogP contribution >= 0.6 is 0 Å². The van der Waals surface area contributed by atoms with E-state index in [1.165, 1.54) is 19.1 Å². The standard InChI is InChI=1S/C19H19F3N2O5S/c1-14(25)23-9-11-24(12-10-23)15-5-7-16(8-6-15)29-30(26,27)18-4-2-3-17(13-18)28-19(20,21)22/h2-8,13H,9-12H2,1H3. The van der Waals surface area contributed by atoms with Crippen molar-refractivity contribution in [3.05, 3.63) is 48.5 Å². The minimum atomic E-state index is -4.94. The molecule has 0 bridgehead atoms. The van der Waals surface area contributed by atoms with Crippen molar-refractivity contribution in [1.82, 2.24) is 4.90 Å². The Morgan fingerprint density at radius 3 is 2.17 bits per heavy atom. The van der Waals surface area contributed by atoms with E-state index in [1.54, 1.807) is 17.0 Å². The highest BCUT2D eigenvalue weighted by molar-refractivity contribution is 7.87. The van der Waals surface area contributed by atoms with Crippen LogP contribution in [0.4, 0.5) is 18.9 Å². The first-order chi connectivity index (χ1) is 14.0. The number of nitrogens with zero attached hydrogens (tertiary/aromatic N) is 2. The molecule has 0 atom stereocenters. The quantitative estimate of drug-likeness (QED) is 0.660. The van der Waals surface area contributed by atoms with Gasteiger partial charge in [-0.2, -0.15) is 8.42 Å². The molecular formula is C19H19F3N2O5S. The topological polar surface area (TPSA) is 76.2 Å². The number of benzene rings is 2. The summed E-state index contributed by atoms with van der Waals surface area (Å²) >= 11 is 0. The van der Waals surface area contributed by atoms with Crippen LogP contribution in [-0.4, -0.2) is 51.8 Å². The predicted molar refractivity (Wildman–Crippen MR) is 102 cm³/mol. The zero-order chi connectivity index (χ0) is 21.9. The summed E-state index contributed by atoms with van der Waals surface area (Å²) in [5, 5.41) is 0. The van der Waals surface area contributed by atoms with Crippen LogP contribution in [-0.2, 0) is 14.9 Å². The fraction of sp³-hybridized carbons (Fsp3) is 0.316. The second-order valence-electron chi connectivity index (χ2n) is 6.55. The van der Waals surface area contributed by atoms with Crippen LogP contribution in [0.25, 0.3) is 0 Å². The summed E-state index contributed by atoms with van der Waals surface area (Å²) in [6.45, 7) is 4.00. The molecule has 3 rings (SSSR count). The zero-order valence-corrected chi connectivity index (χ0v) is 16.7. The first-order valence-electron chi connectivity index (χ1n) is 8.94. The zero-order valence-electron chi connectivity index (χ0n) is 15.9. The van der Waals surface area contributed by atoms with Crippen LogP contribution in [0.15, 0.2) is 53.4 Å². The Morgan fingerprint density at radius 2 is 1.60 bits per heavy atom. The highest BCUT2D eigenvalue weighted by atomic mass is 32.2. The van der Waals surface area contributed by atoms with Gasteiger partial charge in [-0.25, -0.2) is 0 Å². The third-order valence-electron chi connectivity index (χ3n) is 4.46. The van der Waals surface area contributed by atoms with Crippen molar-refractivity contribution in [2.45, 2.75) is 18.2 Å². The number of halogens is 3. The lowest BCUT2D eigenvalue weighted by Gasteiger charge is -2.35. The van der Waals surface area contributed by atoms with Crippen LogP contribution in [0.2, 0.25) is 0 Å². The number of alkyl halides is 3. The van der Waals surface area contributed by atoms with E-state index in [0.29, 0.717) is 26.2 Å². The van der Waals surface area contributed by atoms with Gasteiger partial charge in [-0.3, -0.25) is 4.79 Å². The van der Waals surface area contributed by atoms with E-state index in [0.717, 1.165) is 30.0 Å². The SMILES string of the molecule is CC(=O)N1CCN(c2ccc(OS(=O)(=O)c3cccc(OC(F)(F)F)c3)cc2)CC1. The van der Waals surface area contributed by atoms with Crippen LogP contribution in [0.5, 0.6) is 11.5 Å². The molecule has 0 spiro atoms. The van der Waals surface area contributed by atoms with Crippen LogP contribution < -0.4 is 13.8 Å². The Bertz CT molecular complexity index is 1000. The first-order valence-corrected chi connectivity index (χ1v) is 10.4. The summed E-state index contributed by atoms with van der Waals surface area (Å²) in [4.78, 5) is 14.7. The number of hydrogen-bond donors (Lipinski definition) is 0. The van der Waals surface area contributed by atoms with Gasteiger partial charge in [0.05, 0.1) is 0 Å².